The van der Waals surface area contributed by atoms with Crippen molar-refractivity contribution in [2.75, 3.05) is 6.61 Å². The van der Waals surface area contributed by atoms with Gasteiger partial charge in [-0.1, -0.05) is 11.6 Å². The Labute approximate surface area is 117 Å². The molecular formula is C12H10ClF3O4. The van der Waals surface area contributed by atoms with Crippen LogP contribution in [0, 0.1) is 0 Å². The Balaban J connectivity index is 2.96. The van der Waals surface area contributed by atoms with Gasteiger partial charge in [-0.25, -0.2) is 4.79 Å². The summed E-state index contributed by atoms with van der Waals surface area (Å²) in [5.74, 6) is -3.83. The molecule has 1 atom stereocenters. The van der Waals surface area contributed by atoms with Crippen LogP contribution in [0.2, 0.25) is 5.02 Å². The van der Waals surface area contributed by atoms with Gasteiger partial charge in [0.15, 0.2) is 0 Å². The van der Waals surface area contributed by atoms with Gasteiger partial charge in [-0.05, 0) is 31.2 Å². The zero-order valence-corrected chi connectivity index (χ0v) is 11.0. The minimum Gasteiger partial charge on any atom is -0.470 e. The van der Waals surface area contributed by atoms with Crippen molar-refractivity contribution in [1.82, 2.24) is 0 Å². The summed E-state index contributed by atoms with van der Waals surface area (Å²) in [6, 6.07) is 5.16. The highest BCUT2D eigenvalue weighted by Crippen LogP contribution is 2.23. The van der Waals surface area contributed by atoms with Crippen molar-refractivity contribution in [3.8, 4) is 5.75 Å². The molecule has 0 radical (unpaired) electrons. The first-order valence-electron chi connectivity index (χ1n) is 5.45. The topological polar surface area (TPSA) is 52.6 Å². The molecule has 0 spiro atoms. The Hall–Kier alpha value is -1.76. The highest BCUT2D eigenvalue weighted by atomic mass is 35.5. The second-order valence-corrected chi connectivity index (χ2v) is 4.00. The van der Waals surface area contributed by atoms with E-state index in [1.807, 2.05) is 0 Å². The number of esters is 1. The molecule has 20 heavy (non-hydrogen) atoms. The average molecular weight is 311 g/mol. The van der Waals surface area contributed by atoms with Crippen LogP contribution in [0.1, 0.15) is 6.92 Å². The standard InChI is InChI=1S/C12H10ClF3O4/c1-2-19-11(18)9(10(17)12(14,15)16)20-8-5-3-7(13)4-6-8/h3-6,9H,2H2,1H3. The van der Waals surface area contributed by atoms with Crippen LogP contribution in [-0.4, -0.2) is 30.6 Å². The lowest BCUT2D eigenvalue weighted by atomic mass is 10.2. The predicted octanol–water partition coefficient (Wildman–Crippen LogP) is 2.78. The summed E-state index contributed by atoms with van der Waals surface area (Å²) < 4.78 is 46.4. The molecule has 1 rings (SSSR count). The molecule has 4 nitrogen and oxygen atoms in total. The molecule has 1 aromatic rings. The van der Waals surface area contributed by atoms with Crippen LogP contribution < -0.4 is 4.74 Å². The summed E-state index contributed by atoms with van der Waals surface area (Å²) in [5, 5.41) is 0.326. The molecule has 0 heterocycles. The first-order chi connectivity index (χ1) is 9.25. The van der Waals surface area contributed by atoms with Crippen molar-refractivity contribution in [2.45, 2.75) is 19.2 Å². The molecule has 0 amide bonds. The molecule has 0 aliphatic carbocycles. The van der Waals surface area contributed by atoms with E-state index < -0.39 is 24.0 Å². The van der Waals surface area contributed by atoms with Crippen LogP contribution in [-0.2, 0) is 14.3 Å². The third-order valence-electron chi connectivity index (χ3n) is 2.09. The molecule has 0 aliphatic rings. The van der Waals surface area contributed by atoms with E-state index in [2.05, 4.69) is 4.74 Å². The summed E-state index contributed by atoms with van der Waals surface area (Å²) in [6.07, 6.45) is -7.60. The van der Waals surface area contributed by atoms with Gasteiger partial charge in [0, 0.05) is 5.02 Å². The van der Waals surface area contributed by atoms with Crippen LogP contribution in [0.25, 0.3) is 0 Å². The monoisotopic (exact) mass is 310 g/mol. The number of halogens is 4. The quantitative estimate of drug-likeness (QED) is 0.620. The maximum Gasteiger partial charge on any atom is 0.454 e. The van der Waals surface area contributed by atoms with Crippen molar-refractivity contribution >= 4 is 23.4 Å². The number of carbonyl (C=O) groups excluding carboxylic acids is 2. The number of benzene rings is 1. The molecule has 1 aromatic carbocycles. The lowest BCUT2D eigenvalue weighted by molar-refractivity contribution is -0.184. The second kappa shape index (κ2) is 6.60. The fourth-order valence-corrected chi connectivity index (χ4v) is 1.35. The average Bonchev–Trinajstić information content (AvgIpc) is 2.36. The number of rotatable bonds is 5. The summed E-state index contributed by atoms with van der Waals surface area (Å²) in [7, 11) is 0. The molecule has 0 N–H and O–H groups in total. The maximum atomic E-state index is 12.4. The molecule has 1 unspecified atom stereocenters. The maximum absolute atomic E-state index is 12.4. The first kappa shape index (κ1) is 16.3. The van der Waals surface area contributed by atoms with Crippen molar-refractivity contribution in [3.63, 3.8) is 0 Å². The Morgan fingerprint density at radius 2 is 1.80 bits per heavy atom. The third-order valence-corrected chi connectivity index (χ3v) is 2.34. The molecule has 0 aliphatic heterocycles. The van der Waals surface area contributed by atoms with Crippen LogP contribution in [0.15, 0.2) is 24.3 Å². The fourth-order valence-electron chi connectivity index (χ4n) is 1.22. The van der Waals surface area contributed by atoms with Gasteiger partial charge in [-0.3, -0.25) is 4.79 Å². The summed E-state index contributed by atoms with van der Waals surface area (Å²) in [5.41, 5.74) is 0. The van der Waals surface area contributed by atoms with Gasteiger partial charge < -0.3 is 9.47 Å². The van der Waals surface area contributed by atoms with E-state index in [4.69, 9.17) is 16.3 Å². The van der Waals surface area contributed by atoms with Crippen molar-refractivity contribution in [2.24, 2.45) is 0 Å². The Bertz CT molecular complexity index is 484. The van der Waals surface area contributed by atoms with E-state index in [0.717, 1.165) is 0 Å². The number of ketones is 1. The molecule has 0 fully saturated rings. The Kier molecular flexibility index (Phi) is 5.38. The largest absolute Gasteiger partial charge is 0.470 e. The Morgan fingerprint density at radius 3 is 2.25 bits per heavy atom. The molecule has 110 valence electrons. The Morgan fingerprint density at radius 1 is 1.25 bits per heavy atom. The molecule has 0 bridgehead atoms. The molecule has 8 heteroatoms. The van der Waals surface area contributed by atoms with Crippen molar-refractivity contribution in [3.05, 3.63) is 29.3 Å². The van der Waals surface area contributed by atoms with Crippen LogP contribution in [0.5, 0.6) is 5.75 Å². The zero-order chi connectivity index (χ0) is 15.3. The lowest BCUT2D eigenvalue weighted by Crippen LogP contribution is -2.44. The first-order valence-corrected chi connectivity index (χ1v) is 5.83. The van der Waals surface area contributed by atoms with Crippen molar-refractivity contribution in [1.29, 1.82) is 0 Å². The number of ether oxygens (including phenoxy) is 2. The number of hydrogen-bond donors (Lipinski definition) is 0. The third kappa shape index (κ3) is 4.41. The van der Waals surface area contributed by atoms with Crippen LogP contribution in [0.3, 0.4) is 0 Å². The smallest absolute Gasteiger partial charge is 0.454 e. The van der Waals surface area contributed by atoms with Gasteiger partial charge in [-0.2, -0.15) is 13.2 Å². The summed E-state index contributed by atoms with van der Waals surface area (Å²) in [4.78, 5) is 22.6. The highest BCUT2D eigenvalue weighted by Gasteiger charge is 2.48. The fraction of sp³-hybridized carbons (Fsp3) is 0.333. The van der Waals surface area contributed by atoms with E-state index >= 15 is 0 Å². The minimum absolute atomic E-state index is 0.106. The van der Waals surface area contributed by atoms with E-state index in [0.29, 0.717) is 5.02 Å². The van der Waals surface area contributed by atoms with E-state index in [1.165, 1.54) is 31.2 Å². The summed E-state index contributed by atoms with van der Waals surface area (Å²) >= 11 is 5.60. The number of alkyl halides is 3. The molecular weight excluding hydrogens is 301 g/mol. The van der Waals surface area contributed by atoms with Gasteiger partial charge in [0.25, 0.3) is 11.9 Å². The van der Waals surface area contributed by atoms with Gasteiger partial charge in [-0.15, -0.1) is 0 Å². The normalized spacial score (nSPS) is 12.7. The van der Waals surface area contributed by atoms with Gasteiger partial charge in [0.2, 0.25) is 0 Å². The van der Waals surface area contributed by atoms with E-state index in [-0.39, 0.29) is 12.4 Å². The number of hydrogen-bond acceptors (Lipinski definition) is 4. The van der Waals surface area contributed by atoms with Gasteiger partial charge >= 0.3 is 12.1 Å². The zero-order valence-electron chi connectivity index (χ0n) is 10.2. The molecule has 0 saturated carbocycles. The summed E-state index contributed by atoms with van der Waals surface area (Å²) in [6.45, 7) is 1.22. The van der Waals surface area contributed by atoms with E-state index in [1.54, 1.807) is 0 Å². The lowest BCUT2D eigenvalue weighted by Gasteiger charge is -2.17. The molecule has 0 saturated heterocycles. The van der Waals surface area contributed by atoms with Crippen LogP contribution >= 0.6 is 11.6 Å². The highest BCUT2D eigenvalue weighted by molar-refractivity contribution is 6.30. The van der Waals surface area contributed by atoms with Gasteiger partial charge in [0.05, 0.1) is 6.61 Å². The second-order valence-electron chi connectivity index (χ2n) is 3.57. The number of Topliss-reactive ketones (excluding diaryl/α,β-unsaturated/α-hetero) is 1. The van der Waals surface area contributed by atoms with E-state index in [9.17, 15) is 22.8 Å². The van der Waals surface area contributed by atoms with Gasteiger partial charge in [0.1, 0.15) is 5.75 Å². The van der Waals surface area contributed by atoms with Crippen LogP contribution in [0.4, 0.5) is 13.2 Å². The molecule has 0 aromatic heterocycles. The number of carbonyl (C=O) groups is 2. The van der Waals surface area contributed by atoms with Crippen molar-refractivity contribution < 1.29 is 32.2 Å². The predicted molar refractivity (Wildman–Crippen MR) is 63.6 cm³/mol. The minimum atomic E-state index is -5.20. The SMILES string of the molecule is CCOC(=O)C(Oc1ccc(Cl)cc1)C(=O)C(F)(F)F.